The number of ether oxygens (including phenoxy) is 2. The summed E-state index contributed by atoms with van der Waals surface area (Å²) in [6.07, 6.45) is 9.98. The summed E-state index contributed by atoms with van der Waals surface area (Å²) in [7, 11) is 1.59. The Morgan fingerprint density at radius 2 is 1.63 bits per heavy atom. The van der Waals surface area contributed by atoms with Crippen LogP contribution in [0.15, 0.2) is 77.0 Å². The van der Waals surface area contributed by atoms with Gasteiger partial charge in [0.25, 0.3) is 0 Å². The average molecular weight is 1150 g/mol. The van der Waals surface area contributed by atoms with Crippen molar-refractivity contribution in [3.63, 3.8) is 0 Å². The number of aromatic nitrogens is 4. The van der Waals surface area contributed by atoms with Crippen molar-refractivity contribution >= 4 is 69.0 Å². The highest BCUT2D eigenvalue weighted by Crippen LogP contribution is 2.36. The van der Waals surface area contributed by atoms with Gasteiger partial charge in [0.1, 0.15) is 35.7 Å². The quantitative estimate of drug-likeness (QED) is 0.0336. The SMILES string of the molecule is COc1cc2ncnc(Nc3ccc(F)c(Cl)c3)c2cc1OCCCN1CCN(C(=O)CCCCCCCCCCNC(=O)CC(NC(=O)C2CC(O)CN2C(=O)C(c2cc(C)no2)C(C)C)c2ccc(-c3scnc3C)cc2)CC1. The van der Waals surface area contributed by atoms with Crippen LogP contribution >= 0.6 is 22.9 Å². The molecule has 0 aliphatic carbocycles. The lowest BCUT2D eigenvalue weighted by atomic mass is 9.91. The van der Waals surface area contributed by atoms with Crippen molar-refractivity contribution in [3.8, 4) is 21.9 Å². The number of β-amino-alcohol motifs (C(OH)–C–C–N with tert-alkyl or cyclic N) is 1. The third-order valence-electron chi connectivity index (χ3n) is 15.1. The Hall–Kier alpha value is -6.74. The standard InChI is InChI=1S/C60H76ClFN10O8S/c1-38(2)56(53-29-39(3)69-80-53)60(77)72-35-44(73)31-50(72)59(76)68-48(41-16-18-42(19-17-41)57-40(4)66-37-81-57)34-54(74)63-22-13-11-9-7-6-8-10-12-15-55(75)71-26-24-70(25-27-71)23-14-28-79-52-32-45-49(33-51(52)78-5)64-36-65-58(45)67-43-20-21-47(62)46(61)30-43/h16-21,29-30,32-33,36-38,44,48,50,56,73H,6-15,22-28,31,34-35H2,1-5H3,(H,63,74)(H,68,76)(H,64,65,67). The number of anilines is 2. The van der Waals surface area contributed by atoms with Gasteiger partial charge < -0.3 is 44.9 Å². The second kappa shape index (κ2) is 29.3. The van der Waals surface area contributed by atoms with Gasteiger partial charge in [-0.2, -0.15) is 0 Å². The third kappa shape index (κ3) is 16.5. The fourth-order valence-corrected chi connectivity index (χ4v) is 11.7. The molecule has 0 spiro atoms. The smallest absolute Gasteiger partial charge is 0.243 e. The first-order chi connectivity index (χ1) is 39.1. The molecule has 0 radical (unpaired) electrons. The van der Waals surface area contributed by atoms with Crippen LogP contribution in [0.2, 0.25) is 5.02 Å². The van der Waals surface area contributed by atoms with E-state index < -0.39 is 35.8 Å². The molecule has 4 amide bonds. The zero-order chi connectivity index (χ0) is 57.4. The number of aliphatic hydroxyl groups excluding tert-OH is 1. The maximum atomic E-state index is 14.2. The Bertz CT molecular complexity index is 3060. The molecule has 4 atom stereocenters. The first-order valence-corrected chi connectivity index (χ1v) is 29.6. The molecule has 3 aromatic carbocycles. The first-order valence-electron chi connectivity index (χ1n) is 28.3. The van der Waals surface area contributed by atoms with Crippen LogP contribution in [0, 0.1) is 25.6 Å². The number of rotatable bonds is 28. The largest absolute Gasteiger partial charge is 0.493 e. The van der Waals surface area contributed by atoms with Crippen LogP contribution in [-0.4, -0.2) is 135 Å². The molecule has 3 aromatic heterocycles. The van der Waals surface area contributed by atoms with E-state index in [-0.39, 0.29) is 48.0 Å². The molecule has 434 valence electrons. The highest BCUT2D eigenvalue weighted by molar-refractivity contribution is 7.13. The third-order valence-corrected chi connectivity index (χ3v) is 16.4. The number of thiazole rings is 1. The Morgan fingerprint density at radius 1 is 0.889 bits per heavy atom. The molecule has 0 saturated carbocycles. The molecule has 2 aliphatic rings. The highest BCUT2D eigenvalue weighted by Gasteiger charge is 2.44. The van der Waals surface area contributed by atoms with Gasteiger partial charge in [0.2, 0.25) is 23.6 Å². The molecule has 2 saturated heterocycles. The van der Waals surface area contributed by atoms with Crippen molar-refractivity contribution in [2.24, 2.45) is 5.92 Å². The molecular formula is C60H76ClFN10O8S. The van der Waals surface area contributed by atoms with Gasteiger partial charge in [0.15, 0.2) is 11.5 Å². The molecule has 2 aliphatic heterocycles. The van der Waals surface area contributed by atoms with Crippen LogP contribution in [-0.2, 0) is 19.2 Å². The lowest BCUT2D eigenvalue weighted by Gasteiger charge is -2.34. The van der Waals surface area contributed by atoms with E-state index >= 15 is 0 Å². The van der Waals surface area contributed by atoms with Crippen molar-refractivity contribution in [3.05, 3.63) is 106 Å². The summed E-state index contributed by atoms with van der Waals surface area (Å²) in [6, 6.07) is 15.9. The number of carbonyl (C=O) groups excluding carboxylic acids is 4. The fraction of sp³-hybridized carbons (Fsp3) is 0.500. The molecule has 4 unspecified atom stereocenters. The van der Waals surface area contributed by atoms with E-state index in [1.165, 1.54) is 23.4 Å². The van der Waals surface area contributed by atoms with Gasteiger partial charge in [-0.1, -0.05) is 93.4 Å². The van der Waals surface area contributed by atoms with E-state index in [4.69, 9.17) is 25.6 Å². The number of nitrogens with zero attached hydrogens (tertiary/aromatic N) is 7. The molecule has 4 N–H and O–H groups in total. The Labute approximate surface area is 482 Å². The summed E-state index contributed by atoms with van der Waals surface area (Å²) in [4.78, 5) is 74.9. The second-order valence-electron chi connectivity index (χ2n) is 21.5. The van der Waals surface area contributed by atoms with E-state index in [9.17, 15) is 28.7 Å². The number of methoxy groups -OCH3 is 1. The van der Waals surface area contributed by atoms with Crippen molar-refractivity contribution in [2.75, 3.05) is 64.8 Å². The van der Waals surface area contributed by atoms with Gasteiger partial charge in [-0.05, 0) is 74.4 Å². The molecule has 81 heavy (non-hydrogen) atoms. The van der Waals surface area contributed by atoms with E-state index in [0.29, 0.717) is 78.0 Å². The Morgan fingerprint density at radius 3 is 2.31 bits per heavy atom. The number of aliphatic hydroxyl groups is 1. The van der Waals surface area contributed by atoms with E-state index in [0.717, 1.165) is 99.1 Å². The molecule has 6 aromatic rings. The van der Waals surface area contributed by atoms with Crippen LogP contribution in [0.3, 0.4) is 0 Å². The Balaban J connectivity index is 0.701. The van der Waals surface area contributed by atoms with Gasteiger partial charge in [0, 0.05) is 81.9 Å². The van der Waals surface area contributed by atoms with Crippen molar-refractivity contribution < 1.29 is 42.7 Å². The number of carbonyl (C=O) groups is 4. The Kier molecular flexibility index (Phi) is 21.8. The lowest BCUT2D eigenvalue weighted by Crippen LogP contribution is -2.49. The number of fused-ring (bicyclic) bond motifs is 1. The number of nitrogens with one attached hydrogen (secondary N) is 3. The minimum absolute atomic E-state index is 0.00226. The second-order valence-corrected chi connectivity index (χ2v) is 22.8. The topological polar surface area (TPSA) is 217 Å². The summed E-state index contributed by atoms with van der Waals surface area (Å²) < 4.78 is 31.1. The number of unbranched alkanes of at least 4 members (excludes halogenated alkanes) is 7. The van der Waals surface area contributed by atoms with Crippen molar-refractivity contribution in [2.45, 2.75) is 129 Å². The number of piperazine rings is 1. The number of halogens is 2. The van der Waals surface area contributed by atoms with E-state index in [1.807, 2.05) is 56.0 Å². The normalized spacial score (nSPS) is 16.4. The number of hydrogen-bond acceptors (Lipinski definition) is 15. The van der Waals surface area contributed by atoms with Gasteiger partial charge in [-0.25, -0.2) is 19.3 Å². The average Bonchev–Trinajstić information content (AvgIpc) is 4.23. The molecule has 0 bridgehead atoms. The molecule has 18 nitrogen and oxygen atoms in total. The zero-order valence-corrected chi connectivity index (χ0v) is 48.6. The van der Waals surface area contributed by atoms with Gasteiger partial charge >= 0.3 is 0 Å². The van der Waals surface area contributed by atoms with Gasteiger partial charge in [0.05, 0.1) is 64.6 Å². The van der Waals surface area contributed by atoms with Crippen LogP contribution in [0.25, 0.3) is 21.3 Å². The molecule has 21 heteroatoms. The number of hydrogen-bond donors (Lipinski definition) is 4. The van der Waals surface area contributed by atoms with Crippen LogP contribution in [0.1, 0.15) is 126 Å². The maximum absolute atomic E-state index is 14.2. The highest BCUT2D eigenvalue weighted by atomic mass is 35.5. The summed E-state index contributed by atoms with van der Waals surface area (Å²) in [5.41, 5.74) is 6.35. The number of aryl methyl sites for hydroxylation is 2. The predicted octanol–water partition coefficient (Wildman–Crippen LogP) is 10.1. The summed E-state index contributed by atoms with van der Waals surface area (Å²) in [5, 5.41) is 24.8. The van der Waals surface area contributed by atoms with Crippen molar-refractivity contribution in [1.82, 2.24) is 45.4 Å². The molecule has 8 rings (SSSR count). The summed E-state index contributed by atoms with van der Waals surface area (Å²) in [5.74, 6) is -0.0101. The fourth-order valence-electron chi connectivity index (χ4n) is 10.7. The molecular weight excluding hydrogens is 1080 g/mol. The number of amides is 4. The van der Waals surface area contributed by atoms with Crippen LogP contribution in [0.5, 0.6) is 11.5 Å². The monoisotopic (exact) mass is 1150 g/mol. The zero-order valence-electron chi connectivity index (χ0n) is 47.1. The minimum atomic E-state index is -0.935. The maximum Gasteiger partial charge on any atom is 0.243 e. The van der Waals surface area contributed by atoms with Gasteiger partial charge in [-0.3, -0.25) is 24.1 Å². The molecule has 2 fully saturated rings. The van der Waals surface area contributed by atoms with E-state index in [1.54, 1.807) is 49.1 Å². The van der Waals surface area contributed by atoms with E-state index in [2.05, 4.69) is 41.0 Å². The lowest BCUT2D eigenvalue weighted by molar-refractivity contribution is -0.141. The van der Waals surface area contributed by atoms with Crippen LogP contribution in [0.4, 0.5) is 15.9 Å². The summed E-state index contributed by atoms with van der Waals surface area (Å²) in [6.45, 7) is 12.5. The number of likely N-dealkylation sites (tertiary alicyclic amines) is 1. The summed E-state index contributed by atoms with van der Waals surface area (Å²) >= 11 is 7.55. The van der Waals surface area contributed by atoms with Crippen LogP contribution < -0.4 is 25.4 Å². The first kappa shape index (κ1) is 60.4. The van der Waals surface area contributed by atoms with Gasteiger partial charge in [-0.15, -0.1) is 11.3 Å². The van der Waals surface area contributed by atoms with Crippen molar-refractivity contribution in [1.29, 1.82) is 0 Å². The minimum Gasteiger partial charge on any atom is -0.493 e. The molecule has 5 heterocycles. The number of benzene rings is 3. The predicted molar refractivity (Wildman–Crippen MR) is 311 cm³/mol.